The molecule has 1 saturated heterocycles. The van der Waals surface area contributed by atoms with Gasteiger partial charge in [0.1, 0.15) is 5.82 Å². The second-order valence-electron chi connectivity index (χ2n) is 5.33. The summed E-state index contributed by atoms with van der Waals surface area (Å²) in [5, 5.41) is 0. The maximum absolute atomic E-state index is 13.4. The Bertz CT molecular complexity index is 604. The van der Waals surface area contributed by atoms with Crippen molar-refractivity contribution in [3.05, 3.63) is 29.6 Å². The monoisotopic (exact) mass is 321 g/mol. The molecule has 1 fully saturated rings. The van der Waals surface area contributed by atoms with E-state index in [4.69, 9.17) is 16.3 Å². The van der Waals surface area contributed by atoms with Crippen LogP contribution >= 0.6 is 11.6 Å². The predicted molar refractivity (Wildman–Crippen MR) is 74.7 cm³/mol. The molecule has 1 aromatic carbocycles. The molecule has 0 atom stereocenters. The van der Waals surface area contributed by atoms with E-state index in [0.29, 0.717) is 13.2 Å². The van der Waals surface area contributed by atoms with E-state index in [-0.39, 0.29) is 22.9 Å². The second-order valence-corrected chi connectivity index (χ2v) is 7.46. The van der Waals surface area contributed by atoms with Gasteiger partial charge in [0, 0.05) is 12.1 Å². The molecule has 0 spiro atoms. The van der Waals surface area contributed by atoms with E-state index in [0.717, 1.165) is 6.07 Å². The van der Waals surface area contributed by atoms with Crippen molar-refractivity contribution < 1.29 is 17.5 Å². The number of morpholine rings is 1. The lowest BCUT2D eigenvalue weighted by Gasteiger charge is -2.40. The first-order valence-electron chi connectivity index (χ1n) is 6.24. The number of hydrogen-bond acceptors (Lipinski definition) is 3. The van der Waals surface area contributed by atoms with Crippen molar-refractivity contribution in [3.63, 3.8) is 0 Å². The van der Waals surface area contributed by atoms with Gasteiger partial charge in [-0.3, -0.25) is 0 Å². The van der Waals surface area contributed by atoms with Crippen LogP contribution in [-0.2, 0) is 20.6 Å². The van der Waals surface area contributed by atoms with Crippen LogP contribution in [0, 0.1) is 5.82 Å². The highest BCUT2D eigenvalue weighted by molar-refractivity contribution is 7.89. The Balaban J connectivity index is 2.44. The van der Waals surface area contributed by atoms with E-state index in [1.165, 1.54) is 16.4 Å². The third-order valence-corrected chi connectivity index (χ3v) is 5.71. The molecule has 20 heavy (non-hydrogen) atoms. The van der Waals surface area contributed by atoms with E-state index in [1.807, 2.05) is 0 Å². The molecule has 2 rings (SSSR count). The highest BCUT2D eigenvalue weighted by Gasteiger charge is 2.39. The maximum atomic E-state index is 13.4. The van der Waals surface area contributed by atoms with Gasteiger partial charge in [0.15, 0.2) is 0 Å². The van der Waals surface area contributed by atoms with Crippen LogP contribution in [0.1, 0.15) is 19.4 Å². The van der Waals surface area contributed by atoms with Gasteiger partial charge in [0.2, 0.25) is 10.0 Å². The Morgan fingerprint density at radius 2 is 2.15 bits per heavy atom. The minimum Gasteiger partial charge on any atom is -0.378 e. The summed E-state index contributed by atoms with van der Waals surface area (Å²) in [5.74, 6) is -0.568. The minimum absolute atomic E-state index is 0.0597. The third kappa shape index (κ3) is 2.83. The predicted octanol–water partition coefficient (Wildman–Crippen LogP) is 2.36. The van der Waals surface area contributed by atoms with E-state index < -0.39 is 21.4 Å². The summed E-state index contributed by atoms with van der Waals surface area (Å²) >= 11 is 5.63. The first-order chi connectivity index (χ1) is 9.29. The van der Waals surface area contributed by atoms with Gasteiger partial charge in [-0.25, -0.2) is 12.8 Å². The SMILES string of the molecule is CC1(C)COCCN1S(=O)(=O)c1ccc(F)c(CCl)c1. The van der Waals surface area contributed by atoms with Gasteiger partial charge >= 0.3 is 0 Å². The molecule has 112 valence electrons. The van der Waals surface area contributed by atoms with Crippen molar-refractivity contribution in [1.29, 1.82) is 0 Å². The Morgan fingerprint density at radius 3 is 2.75 bits per heavy atom. The summed E-state index contributed by atoms with van der Waals surface area (Å²) in [6, 6.07) is 3.70. The van der Waals surface area contributed by atoms with E-state index >= 15 is 0 Å². The summed E-state index contributed by atoms with van der Waals surface area (Å²) < 4.78 is 45.5. The van der Waals surface area contributed by atoms with Crippen LogP contribution in [0.15, 0.2) is 23.1 Å². The molecular formula is C13H17ClFNO3S. The molecule has 0 aliphatic carbocycles. The smallest absolute Gasteiger partial charge is 0.243 e. The first-order valence-corrected chi connectivity index (χ1v) is 8.21. The number of ether oxygens (including phenoxy) is 1. The minimum atomic E-state index is -3.69. The lowest BCUT2D eigenvalue weighted by Crippen LogP contribution is -2.55. The molecule has 0 bridgehead atoms. The number of halogens is 2. The average molecular weight is 322 g/mol. The summed E-state index contributed by atoms with van der Waals surface area (Å²) in [5.41, 5.74) is -0.453. The largest absolute Gasteiger partial charge is 0.378 e. The molecule has 1 aliphatic rings. The molecule has 0 N–H and O–H groups in total. The van der Waals surface area contributed by atoms with Gasteiger partial charge < -0.3 is 4.74 Å². The molecule has 1 aromatic rings. The van der Waals surface area contributed by atoms with Crippen LogP contribution in [0.4, 0.5) is 4.39 Å². The van der Waals surface area contributed by atoms with Crippen LogP contribution < -0.4 is 0 Å². The normalized spacial score (nSPS) is 20.0. The zero-order valence-electron chi connectivity index (χ0n) is 11.4. The molecular weight excluding hydrogens is 305 g/mol. The first kappa shape index (κ1) is 15.7. The third-order valence-electron chi connectivity index (χ3n) is 3.32. The quantitative estimate of drug-likeness (QED) is 0.803. The summed E-state index contributed by atoms with van der Waals surface area (Å²) in [6.07, 6.45) is 0. The Morgan fingerprint density at radius 1 is 1.45 bits per heavy atom. The lowest BCUT2D eigenvalue weighted by molar-refractivity contribution is -0.00771. The highest BCUT2D eigenvalue weighted by atomic mass is 35.5. The van der Waals surface area contributed by atoms with Crippen molar-refractivity contribution in [2.24, 2.45) is 0 Å². The molecule has 0 unspecified atom stereocenters. The maximum Gasteiger partial charge on any atom is 0.243 e. The molecule has 4 nitrogen and oxygen atoms in total. The van der Waals surface area contributed by atoms with Crippen LogP contribution in [0.5, 0.6) is 0 Å². The zero-order chi connectivity index (χ0) is 15.0. The topological polar surface area (TPSA) is 46.6 Å². The molecule has 0 saturated carbocycles. The van der Waals surface area contributed by atoms with Gasteiger partial charge in [-0.1, -0.05) is 0 Å². The number of benzene rings is 1. The van der Waals surface area contributed by atoms with Gasteiger partial charge in [-0.05, 0) is 32.0 Å². The van der Waals surface area contributed by atoms with Gasteiger partial charge in [0.05, 0.1) is 29.5 Å². The Hall–Kier alpha value is -0.690. The highest BCUT2D eigenvalue weighted by Crippen LogP contribution is 2.28. The van der Waals surface area contributed by atoms with E-state index in [9.17, 15) is 12.8 Å². The summed E-state index contributed by atoms with van der Waals surface area (Å²) in [7, 11) is -3.69. The Kier molecular flexibility index (Phi) is 4.39. The van der Waals surface area contributed by atoms with E-state index in [1.54, 1.807) is 13.8 Å². The number of sulfonamides is 1. The fourth-order valence-electron chi connectivity index (χ4n) is 2.23. The van der Waals surface area contributed by atoms with E-state index in [2.05, 4.69) is 0 Å². The molecule has 0 aromatic heterocycles. The van der Waals surface area contributed by atoms with Gasteiger partial charge in [-0.2, -0.15) is 4.31 Å². The van der Waals surface area contributed by atoms with Crippen molar-refractivity contribution in [2.45, 2.75) is 30.2 Å². The Labute approximate surface area is 123 Å². The molecule has 0 radical (unpaired) electrons. The number of alkyl halides is 1. The van der Waals surface area contributed by atoms with Crippen LogP contribution in [0.2, 0.25) is 0 Å². The standard InChI is InChI=1S/C13H17ClFNO3S/c1-13(2)9-19-6-5-16(13)20(17,18)11-3-4-12(15)10(7-11)8-14/h3-4,7H,5-6,8-9H2,1-2H3. The fraction of sp³-hybridized carbons (Fsp3) is 0.538. The van der Waals surface area contributed by atoms with Crippen molar-refractivity contribution >= 4 is 21.6 Å². The molecule has 1 heterocycles. The van der Waals surface area contributed by atoms with Crippen LogP contribution in [0.3, 0.4) is 0 Å². The lowest BCUT2D eigenvalue weighted by atomic mass is 10.1. The summed E-state index contributed by atoms with van der Waals surface area (Å²) in [6.45, 7) is 4.57. The van der Waals surface area contributed by atoms with Crippen LogP contribution in [0.25, 0.3) is 0 Å². The number of nitrogens with zero attached hydrogens (tertiary/aromatic N) is 1. The molecule has 1 aliphatic heterocycles. The summed E-state index contributed by atoms with van der Waals surface area (Å²) in [4.78, 5) is 0.0597. The van der Waals surface area contributed by atoms with Crippen LogP contribution in [-0.4, -0.2) is 38.0 Å². The number of hydrogen-bond donors (Lipinski definition) is 0. The van der Waals surface area contributed by atoms with Gasteiger partial charge in [0.25, 0.3) is 0 Å². The number of rotatable bonds is 3. The van der Waals surface area contributed by atoms with Crippen molar-refractivity contribution in [3.8, 4) is 0 Å². The zero-order valence-corrected chi connectivity index (χ0v) is 13.0. The molecule has 0 amide bonds. The van der Waals surface area contributed by atoms with Crippen molar-refractivity contribution in [1.82, 2.24) is 4.31 Å². The average Bonchev–Trinajstić information content (AvgIpc) is 2.38. The fourth-order valence-corrected chi connectivity index (χ4v) is 4.24. The van der Waals surface area contributed by atoms with Crippen molar-refractivity contribution in [2.75, 3.05) is 19.8 Å². The molecule has 7 heteroatoms. The van der Waals surface area contributed by atoms with Gasteiger partial charge in [-0.15, -0.1) is 11.6 Å². The second kappa shape index (κ2) is 5.60.